The van der Waals surface area contributed by atoms with Crippen LogP contribution in [0.4, 0.5) is 11.4 Å². The first-order chi connectivity index (χ1) is 16.7. The summed E-state index contributed by atoms with van der Waals surface area (Å²) >= 11 is 3.25. The van der Waals surface area contributed by atoms with E-state index in [1.807, 2.05) is 24.3 Å². The molecular weight excluding hydrogens is 554 g/mol. The topological polar surface area (TPSA) is 113 Å². The van der Waals surface area contributed by atoms with Crippen LogP contribution in [0, 0.1) is 0 Å². The van der Waals surface area contributed by atoms with Crippen molar-refractivity contribution >= 4 is 53.3 Å². The summed E-state index contributed by atoms with van der Waals surface area (Å²) in [6.45, 7) is 0.332. The number of benzene rings is 3. The van der Waals surface area contributed by atoms with Crippen molar-refractivity contribution in [3.63, 3.8) is 0 Å². The second-order valence-electron chi connectivity index (χ2n) is 7.98. The van der Waals surface area contributed by atoms with Gasteiger partial charge in [0.2, 0.25) is 15.9 Å². The van der Waals surface area contributed by atoms with Gasteiger partial charge in [-0.3, -0.25) is 9.10 Å². The molecule has 0 aromatic heterocycles. The van der Waals surface area contributed by atoms with E-state index in [2.05, 4.69) is 26.0 Å². The first kappa shape index (κ1) is 25.4. The number of carbonyl (C=O) groups is 1. The maximum Gasteiger partial charge on any atom is 0.264 e. The number of fused-ring (bicyclic) bond motifs is 1. The minimum Gasteiger partial charge on any atom is -0.326 e. The number of halogens is 1. The normalized spacial score (nSPS) is 13.8. The van der Waals surface area contributed by atoms with E-state index < -0.39 is 26.0 Å². The van der Waals surface area contributed by atoms with E-state index >= 15 is 0 Å². The zero-order valence-corrected chi connectivity index (χ0v) is 21.9. The van der Waals surface area contributed by atoms with Gasteiger partial charge in [0.1, 0.15) is 0 Å². The smallest absolute Gasteiger partial charge is 0.264 e. The lowest BCUT2D eigenvalue weighted by Crippen LogP contribution is -2.35. The van der Waals surface area contributed by atoms with E-state index in [0.29, 0.717) is 17.9 Å². The third kappa shape index (κ3) is 5.92. The lowest BCUT2D eigenvalue weighted by atomic mass is 10.0. The van der Waals surface area contributed by atoms with Gasteiger partial charge < -0.3 is 5.32 Å². The van der Waals surface area contributed by atoms with Crippen molar-refractivity contribution in [3.8, 4) is 0 Å². The first-order valence-electron chi connectivity index (χ1n) is 10.9. The molecule has 0 saturated carbocycles. The Hall–Kier alpha value is -2.73. The Balaban J connectivity index is 1.35. The number of anilines is 2. The fourth-order valence-electron chi connectivity index (χ4n) is 3.81. The standard InChI is InChI=1S/C24H24BrN3O5S2/c25-19-7-11-21(12-8-19)34(30,31)26-16-15-24(29)27-20-9-13-22(14-10-20)35(32,33)28-17-3-5-18-4-1-2-6-23(18)28/h1-2,4,6-14,26H,3,5,15-17H2,(H,27,29). The molecule has 0 saturated heterocycles. The van der Waals surface area contributed by atoms with Gasteiger partial charge in [-0.1, -0.05) is 34.1 Å². The molecule has 0 bridgehead atoms. The molecule has 0 atom stereocenters. The number of rotatable bonds is 8. The molecule has 0 fully saturated rings. The molecule has 0 unspecified atom stereocenters. The fraction of sp³-hybridized carbons (Fsp3) is 0.208. The molecule has 35 heavy (non-hydrogen) atoms. The van der Waals surface area contributed by atoms with Gasteiger partial charge in [0.05, 0.1) is 15.5 Å². The molecule has 3 aromatic carbocycles. The van der Waals surface area contributed by atoms with Crippen LogP contribution in [0.25, 0.3) is 0 Å². The van der Waals surface area contributed by atoms with Crippen LogP contribution in [0.1, 0.15) is 18.4 Å². The van der Waals surface area contributed by atoms with Crippen LogP contribution in [0.5, 0.6) is 0 Å². The highest BCUT2D eigenvalue weighted by molar-refractivity contribution is 9.10. The number of amides is 1. The highest BCUT2D eigenvalue weighted by atomic mass is 79.9. The number of nitrogens with one attached hydrogen (secondary N) is 2. The Labute approximate surface area is 213 Å². The summed E-state index contributed by atoms with van der Waals surface area (Å²) in [5, 5.41) is 2.66. The summed E-state index contributed by atoms with van der Waals surface area (Å²) in [6.07, 6.45) is 1.50. The zero-order chi connectivity index (χ0) is 25.1. The van der Waals surface area contributed by atoms with Gasteiger partial charge in [-0.25, -0.2) is 21.6 Å². The number of hydrogen-bond acceptors (Lipinski definition) is 5. The van der Waals surface area contributed by atoms with Crippen molar-refractivity contribution in [1.82, 2.24) is 4.72 Å². The van der Waals surface area contributed by atoms with Gasteiger partial charge in [-0.15, -0.1) is 0 Å². The van der Waals surface area contributed by atoms with Crippen molar-refractivity contribution < 1.29 is 21.6 Å². The van der Waals surface area contributed by atoms with Gasteiger partial charge in [0.25, 0.3) is 10.0 Å². The molecule has 184 valence electrons. The maximum absolute atomic E-state index is 13.2. The van der Waals surface area contributed by atoms with E-state index in [0.717, 1.165) is 22.9 Å². The molecule has 2 N–H and O–H groups in total. The van der Waals surface area contributed by atoms with Crippen molar-refractivity contribution in [3.05, 3.63) is 82.8 Å². The molecule has 1 amide bonds. The fourth-order valence-corrected chi connectivity index (χ4v) is 6.64. The number of sulfonamides is 2. The Morgan fingerprint density at radius 3 is 2.26 bits per heavy atom. The highest BCUT2D eigenvalue weighted by Gasteiger charge is 2.28. The molecule has 1 heterocycles. The van der Waals surface area contributed by atoms with Gasteiger partial charge in [-0.2, -0.15) is 0 Å². The van der Waals surface area contributed by atoms with Crippen LogP contribution in [-0.4, -0.2) is 35.8 Å². The average molecular weight is 579 g/mol. The molecule has 8 nitrogen and oxygen atoms in total. The Bertz CT molecular complexity index is 1420. The van der Waals surface area contributed by atoms with E-state index in [-0.39, 0.29) is 22.8 Å². The highest BCUT2D eigenvalue weighted by Crippen LogP contribution is 2.32. The minimum atomic E-state index is -3.74. The second-order valence-corrected chi connectivity index (χ2v) is 12.5. The van der Waals surface area contributed by atoms with Crippen LogP contribution in [0.15, 0.2) is 87.1 Å². The summed E-state index contributed by atoms with van der Waals surface area (Å²) in [7, 11) is -7.46. The summed E-state index contributed by atoms with van der Waals surface area (Å²) < 4.78 is 55.6. The average Bonchev–Trinajstić information content (AvgIpc) is 2.84. The van der Waals surface area contributed by atoms with Crippen molar-refractivity contribution in [2.75, 3.05) is 22.7 Å². The van der Waals surface area contributed by atoms with Crippen LogP contribution in [0.3, 0.4) is 0 Å². The van der Waals surface area contributed by atoms with Crippen molar-refractivity contribution in [2.24, 2.45) is 0 Å². The maximum atomic E-state index is 13.2. The molecular formula is C24H24BrN3O5S2. The first-order valence-corrected chi connectivity index (χ1v) is 14.6. The Kier molecular flexibility index (Phi) is 7.60. The van der Waals surface area contributed by atoms with Gasteiger partial charge in [-0.05, 0) is 73.0 Å². The summed E-state index contributed by atoms with van der Waals surface area (Å²) in [5.41, 5.74) is 2.12. The number of para-hydroxylation sites is 1. The predicted octanol–water partition coefficient (Wildman–Crippen LogP) is 3.90. The molecule has 0 radical (unpaired) electrons. The quantitative estimate of drug-likeness (QED) is 0.421. The SMILES string of the molecule is O=C(CCNS(=O)(=O)c1ccc(Br)cc1)Nc1ccc(S(=O)(=O)N2CCCc3ccccc32)cc1. The molecule has 1 aliphatic rings. The lowest BCUT2D eigenvalue weighted by Gasteiger charge is -2.30. The van der Waals surface area contributed by atoms with Crippen LogP contribution < -0.4 is 14.3 Å². The third-order valence-corrected chi connectivity index (χ3v) is 9.39. The van der Waals surface area contributed by atoms with E-state index in [4.69, 9.17) is 0 Å². The molecule has 0 spiro atoms. The van der Waals surface area contributed by atoms with Crippen LogP contribution in [-0.2, 0) is 31.3 Å². The third-order valence-electron chi connectivity index (χ3n) is 5.56. The number of hydrogen-bond donors (Lipinski definition) is 2. The number of nitrogens with zero attached hydrogens (tertiary/aromatic N) is 1. The summed E-state index contributed by atoms with van der Waals surface area (Å²) in [5.74, 6) is -0.399. The van der Waals surface area contributed by atoms with Crippen LogP contribution in [0.2, 0.25) is 0 Å². The van der Waals surface area contributed by atoms with E-state index in [1.165, 1.54) is 40.7 Å². The van der Waals surface area contributed by atoms with Crippen molar-refractivity contribution in [1.29, 1.82) is 0 Å². The van der Waals surface area contributed by atoms with Gasteiger partial charge in [0.15, 0.2) is 0 Å². The minimum absolute atomic E-state index is 0.0783. The lowest BCUT2D eigenvalue weighted by molar-refractivity contribution is -0.116. The van der Waals surface area contributed by atoms with E-state index in [1.54, 1.807) is 12.1 Å². The molecule has 1 aliphatic heterocycles. The zero-order valence-electron chi connectivity index (χ0n) is 18.6. The monoisotopic (exact) mass is 577 g/mol. The predicted molar refractivity (Wildman–Crippen MR) is 138 cm³/mol. The van der Waals surface area contributed by atoms with Crippen LogP contribution >= 0.6 is 15.9 Å². The van der Waals surface area contributed by atoms with E-state index in [9.17, 15) is 21.6 Å². The largest absolute Gasteiger partial charge is 0.326 e. The molecule has 3 aromatic rings. The van der Waals surface area contributed by atoms with Crippen molar-refractivity contribution in [2.45, 2.75) is 29.1 Å². The van der Waals surface area contributed by atoms with Gasteiger partial charge in [0, 0.05) is 29.7 Å². The molecule has 11 heteroatoms. The van der Waals surface area contributed by atoms with Gasteiger partial charge >= 0.3 is 0 Å². The molecule has 4 rings (SSSR count). The number of aryl methyl sites for hydroxylation is 1. The second kappa shape index (κ2) is 10.5. The number of carbonyl (C=O) groups excluding carboxylic acids is 1. The Morgan fingerprint density at radius 1 is 0.886 bits per heavy atom. The summed E-state index contributed by atoms with van der Waals surface area (Å²) in [6, 6.07) is 19.6. The Morgan fingerprint density at radius 2 is 1.54 bits per heavy atom. The summed E-state index contributed by atoms with van der Waals surface area (Å²) in [4.78, 5) is 12.5. The molecule has 0 aliphatic carbocycles.